The van der Waals surface area contributed by atoms with Crippen LogP contribution in [0.15, 0.2) is 36.7 Å². The van der Waals surface area contributed by atoms with Crippen molar-refractivity contribution < 1.29 is 18.0 Å². The van der Waals surface area contributed by atoms with E-state index in [9.17, 15) is 18.0 Å². The Hall–Kier alpha value is -2.24. The number of aryl methyl sites for hydroxylation is 1. The van der Waals surface area contributed by atoms with Crippen molar-refractivity contribution in [3.8, 4) is 0 Å². The zero-order chi connectivity index (χ0) is 18.8. The Morgan fingerprint density at radius 1 is 1.16 bits per heavy atom. The van der Waals surface area contributed by atoms with Crippen LogP contribution in [0.3, 0.4) is 0 Å². The van der Waals surface area contributed by atoms with Crippen LogP contribution < -0.4 is 5.32 Å². The summed E-state index contributed by atoms with van der Waals surface area (Å²) in [5, 5.41) is 2.65. The third kappa shape index (κ3) is 4.65. The molecule has 0 aliphatic carbocycles. The largest absolute Gasteiger partial charge is 0.418 e. The minimum atomic E-state index is -4.57. The Labute approximate surface area is 145 Å². The maximum Gasteiger partial charge on any atom is 0.418 e. The van der Waals surface area contributed by atoms with E-state index in [1.54, 1.807) is 12.1 Å². The standard InChI is InChI=1S/C19H23F3N2O/c1-12(2)9-13(3)14-7-5-6-8-17(14)23-18(25)15-10-24(4)11-16(15)19(20,21)22/h5-8,10-13H,9H2,1-4H3,(H,23,25)/t13-/m0/s1. The fourth-order valence-electron chi connectivity index (χ4n) is 3.05. The Morgan fingerprint density at radius 2 is 1.80 bits per heavy atom. The third-order valence-corrected chi connectivity index (χ3v) is 4.07. The van der Waals surface area contributed by atoms with Gasteiger partial charge in [0, 0.05) is 25.1 Å². The second kappa shape index (κ2) is 7.33. The van der Waals surface area contributed by atoms with Gasteiger partial charge in [-0.3, -0.25) is 4.79 Å². The van der Waals surface area contributed by atoms with Gasteiger partial charge in [-0.1, -0.05) is 39.0 Å². The number of rotatable bonds is 5. The summed E-state index contributed by atoms with van der Waals surface area (Å²) in [4.78, 5) is 12.5. The molecule has 2 rings (SSSR count). The highest BCUT2D eigenvalue weighted by atomic mass is 19.4. The molecular weight excluding hydrogens is 329 g/mol. The average Bonchev–Trinajstić information content (AvgIpc) is 2.89. The van der Waals surface area contributed by atoms with Crippen LogP contribution in [0.5, 0.6) is 0 Å². The molecule has 0 radical (unpaired) electrons. The number of carbonyl (C=O) groups is 1. The summed E-state index contributed by atoms with van der Waals surface area (Å²) in [5.74, 6) is -0.0869. The van der Waals surface area contributed by atoms with Crippen LogP contribution in [0.4, 0.5) is 18.9 Å². The van der Waals surface area contributed by atoms with Gasteiger partial charge < -0.3 is 9.88 Å². The molecule has 2 aromatic rings. The molecule has 1 heterocycles. The highest BCUT2D eigenvalue weighted by Crippen LogP contribution is 2.34. The van der Waals surface area contributed by atoms with E-state index in [4.69, 9.17) is 0 Å². The number of halogens is 3. The first-order valence-electron chi connectivity index (χ1n) is 8.23. The van der Waals surface area contributed by atoms with E-state index in [1.807, 2.05) is 12.1 Å². The third-order valence-electron chi connectivity index (χ3n) is 4.07. The Bertz CT molecular complexity index is 747. The number of nitrogens with zero attached hydrogens (tertiary/aromatic N) is 1. The summed E-state index contributed by atoms with van der Waals surface area (Å²) in [6.45, 7) is 6.27. The molecular formula is C19H23F3N2O. The van der Waals surface area contributed by atoms with Crippen LogP contribution in [-0.4, -0.2) is 10.5 Å². The van der Waals surface area contributed by atoms with Crippen molar-refractivity contribution in [2.75, 3.05) is 5.32 Å². The number of nitrogens with one attached hydrogen (secondary N) is 1. The fraction of sp³-hybridized carbons (Fsp3) is 0.421. The van der Waals surface area contributed by atoms with E-state index in [2.05, 4.69) is 26.1 Å². The second-order valence-electron chi connectivity index (χ2n) is 6.82. The normalized spacial score (nSPS) is 13.1. The van der Waals surface area contributed by atoms with E-state index in [-0.39, 0.29) is 11.5 Å². The van der Waals surface area contributed by atoms with Crippen LogP contribution in [0, 0.1) is 5.92 Å². The van der Waals surface area contributed by atoms with Gasteiger partial charge in [0.25, 0.3) is 5.91 Å². The number of benzene rings is 1. The maximum atomic E-state index is 13.1. The average molecular weight is 352 g/mol. The Morgan fingerprint density at radius 3 is 2.40 bits per heavy atom. The lowest BCUT2D eigenvalue weighted by Gasteiger charge is -2.19. The monoisotopic (exact) mass is 352 g/mol. The smallest absolute Gasteiger partial charge is 0.356 e. The molecule has 0 saturated carbocycles. The van der Waals surface area contributed by atoms with Gasteiger partial charge in [0.05, 0.1) is 11.1 Å². The zero-order valence-electron chi connectivity index (χ0n) is 14.8. The number of hydrogen-bond donors (Lipinski definition) is 1. The summed E-state index contributed by atoms with van der Waals surface area (Å²) >= 11 is 0. The van der Waals surface area contributed by atoms with E-state index in [0.29, 0.717) is 11.6 Å². The van der Waals surface area contributed by atoms with Crippen molar-refractivity contribution in [1.82, 2.24) is 4.57 Å². The fourth-order valence-corrected chi connectivity index (χ4v) is 3.05. The number of alkyl halides is 3. The molecule has 1 N–H and O–H groups in total. The Kier molecular flexibility index (Phi) is 5.60. The quantitative estimate of drug-likeness (QED) is 0.763. The molecule has 0 bridgehead atoms. The molecule has 1 atom stereocenters. The number of hydrogen-bond acceptors (Lipinski definition) is 1. The molecule has 1 aromatic heterocycles. The first-order valence-corrected chi connectivity index (χ1v) is 8.23. The van der Waals surface area contributed by atoms with Gasteiger partial charge in [0.15, 0.2) is 0 Å². The predicted octanol–water partition coefficient (Wildman–Crippen LogP) is 5.45. The van der Waals surface area contributed by atoms with Gasteiger partial charge in [-0.05, 0) is 29.9 Å². The van der Waals surface area contributed by atoms with Crippen LogP contribution in [-0.2, 0) is 13.2 Å². The van der Waals surface area contributed by atoms with Gasteiger partial charge in [0.2, 0.25) is 0 Å². The molecule has 1 amide bonds. The van der Waals surface area contributed by atoms with E-state index < -0.39 is 17.6 Å². The summed E-state index contributed by atoms with van der Waals surface area (Å²) in [5.41, 5.74) is 0.174. The number of aromatic nitrogens is 1. The van der Waals surface area contributed by atoms with Crippen LogP contribution >= 0.6 is 0 Å². The van der Waals surface area contributed by atoms with E-state index in [1.165, 1.54) is 17.8 Å². The van der Waals surface area contributed by atoms with Crippen molar-refractivity contribution in [1.29, 1.82) is 0 Å². The van der Waals surface area contributed by atoms with Crippen molar-refractivity contribution in [3.63, 3.8) is 0 Å². The number of carbonyl (C=O) groups excluding carboxylic acids is 1. The van der Waals surface area contributed by atoms with Crippen LogP contribution in [0.25, 0.3) is 0 Å². The molecule has 0 saturated heterocycles. The highest BCUT2D eigenvalue weighted by Gasteiger charge is 2.36. The van der Waals surface area contributed by atoms with Gasteiger partial charge in [-0.15, -0.1) is 0 Å². The summed E-state index contributed by atoms with van der Waals surface area (Å²) < 4.78 is 40.6. The lowest BCUT2D eigenvalue weighted by Crippen LogP contribution is -2.18. The summed E-state index contributed by atoms with van der Waals surface area (Å²) in [7, 11) is 1.46. The van der Waals surface area contributed by atoms with E-state index >= 15 is 0 Å². The molecule has 136 valence electrons. The second-order valence-corrected chi connectivity index (χ2v) is 6.82. The Balaban J connectivity index is 2.31. The van der Waals surface area contributed by atoms with Gasteiger partial charge in [-0.2, -0.15) is 13.2 Å². The molecule has 25 heavy (non-hydrogen) atoms. The minimum Gasteiger partial charge on any atom is -0.356 e. The molecule has 1 aromatic carbocycles. The summed E-state index contributed by atoms with van der Waals surface area (Å²) in [6, 6.07) is 7.25. The zero-order valence-corrected chi connectivity index (χ0v) is 14.8. The molecule has 0 aliphatic rings. The predicted molar refractivity (Wildman–Crippen MR) is 92.7 cm³/mol. The lowest BCUT2D eigenvalue weighted by atomic mass is 9.91. The van der Waals surface area contributed by atoms with Gasteiger partial charge >= 0.3 is 6.18 Å². The van der Waals surface area contributed by atoms with Crippen molar-refractivity contribution in [2.45, 2.75) is 39.3 Å². The number of amides is 1. The van der Waals surface area contributed by atoms with Crippen LogP contribution in [0.2, 0.25) is 0 Å². The van der Waals surface area contributed by atoms with Crippen molar-refractivity contribution in [2.24, 2.45) is 13.0 Å². The van der Waals surface area contributed by atoms with Crippen LogP contribution in [0.1, 0.15) is 54.6 Å². The molecule has 6 heteroatoms. The molecule has 0 unspecified atom stereocenters. The molecule has 0 fully saturated rings. The van der Waals surface area contributed by atoms with Gasteiger partial charge in [0.1, 0.15) is 0 Å². The maximum absolute atomic E-state index is 13.1. The minimum absolute atomic E-state index is 0.189. The lowest BCUT2D eigenvalue weighted by molar-refractivity contribution is -0.137. The highest BCUT2D eigenvalue weighted by molar-refractivity contribution is 6.05. The number of anilines is 1. The van der Waals surface area contributed by atoms with Crippen molar-refractivity contribution >= 4 is 11.6 Å². The SMILES string of the molecule is CC(C)C[C@H](C)c1ccccc1NC(=O)c1cn(C)cc1C(F)(F)F. The van der Waals surface area contributed by atoms with E-state index in [0.717, 1.165) is 18.2 Å². The summed E-state index contributed by atoms with van der Waals surface area (Å²) in [6.07, 6.45) is -1.54. The number of para-hydroxylation sites is 1. The topological polar surface area (TPSA) is 34.0 Å². The van der Waals surface area contributed by atoms with Gasteiger partial charge in [-0.25, -0.2) is 0 Å². The first kappa shape index (κ1) is 19.1. The molecule has 0 spiro atoms. The van der Waals surface area contributed by atoms with Crippen molar-refractivity contribution in [3.05, 3.63) is 53.3 Å². The molecule has 0 aliphatic heterocycles. The molecule has 3 nitrogen and oxygen atoms in total. The first-order chi connectivity index (χ1) is 11.6.